The summed E-state index contributed by atoms with van der Waals surface area (Å²) in [4.78, 5) is 17.2. The minimum atomic E-state index is -3.76. The molecule has 3 atom stereocenters. The maximum Gasteiger partial charge on any atom is 0.229 e. The topological polar surface area (TPSA) is 180 Å². The molecule has 35 heavy (non-hydrogen) atoms. The highest BCUT2D eigenvalue weighted by Crippen LogP contribution is 2.53. The summed E-state index contributed by atoms with van der Waals surface area (Å²) in [7, 11) is -6.43. The maximum absolute atomic E-state index is 12.1. The van der Waals surface area contributed by atoms with Crippen LogP contribution in [0.25, 0.3) is 0 Å². The van der Waals surface area contributed by atoms with Gasteiger partial charge in [0.05, 0.1) is 24.6 Å². The normalized spacial score (nSPS) is 18.3. The monoisotopic (exact) mass is 532 g/mol. The molecule has 196 valence electrons. The fourth-order valence-corrected chi connectivity index (χ4v) is 4.95. The Balaban J connectivity index is 0.000000251. The van der Waals surface area contributed by atoms with Crippen LogP contribution in [0.5, 0.6) is 11.5 Å². The first-order valence-electron chi connectivity index (χ1n) is 10.7. The molecule has 0 fully saturated rings. The van der Waals surface area contributed by atoms with E-state index < -0.39 is 38.6 Å². The third kappa shape index (κ3) is 6.89. The summed E-state index contributed by atoms with van der Waals surface area (Å²) in [5, 5.41) is 38.5. The SMILES string of the molecule is Cc1ncc(C(O)P(C)(=O)O)c(CO)c1O.Cc1ncc(C(O)P(C)(C)=O)c2c1OC(C)(C)OC2. The molecule has 0 aliphatic carbocycles. The van der Waals surface area contributed by atoms with Crippen LogP contribution in [0, 0.1) is 13.8 Å². The number of aryl methyl sites for hydroxylation is 2. The predicted octanol–water partition coefficient (Wildman–Crippen LogP) is 3.13. The lowest BCUT2D eigenvalue weighted by Gasteiger charge is -2.35. The summed E-state index contributed by atoms with van der Waals surface area (Å²) in [5.74, 6) is -3.06. The van der Waals surface area contributed by atoms with Crippen LogP contribution < -0.4 is 4.74 Å². The molecule has 11 nitrogen and oxygen atoms in total. The molecule has 1 aliphatic heterocycles. The van der Waals surface area contributed by atoms with Gasteiger partial charge in [-0.25, -0.2) is 0 Å². The van der Waals surface area contributed by atoms with Crippen molar-refractivity contribution >= 4 is 14.5 Å². The molecule has 0 bridgehead atoms. The molecule has 3 rings (SSSR count). The number of hydrogen-bond acceptors (Lipinski definition) is 10. The number of nitrogens with zero attached hydrogens (tertiary/aromatic N) is 2. The second-order valence-corrected chi connectivity index (χ2v) is 15.0. The van der Waals surface area contributed by atoms with Crippen LogP contribution in [0.2, 0.25) is 0 Å². The van der Waals surface area contributed by atoms with E-state index in [1.165, 1.54) is 13.1 Å². The zero-order valence-electron chi connectivity index (χ0n) is 20.9. The van der Waals surface area contributed by atoms with Gasteiger partial charge in [-0.1, -0.05) is 0 Å². The molecule has 0 amide bonds. The van der Waals surface area contributed by atoms with E-state index in [9.17, 15) is 29.3 Å². The summed E-state index contributed by atoms with van der Waals surface area (Å²) in [6.45, 7) is 10.9. The molecule has 2 aromatic heterocycles. The van der Waals surface area contributed by atoms with E-state index in [0.29, 0.717) is 17.9 Å². The number of pyridine rings is 2. The zero-order chi connectivity index (χ0) is 26.9. The largest absolute Gasteiger partial charge is 0.506 e. The Hall–Kier alpha value is -1.84. The Morgan fingerprint density at radius 1 is 1.03 bits per heavy atom. The van der Waals surface area contributed by atoms with E-state index in [1.807, 2.05) is 20.8 Å². The van der Waals surface area contributed by atoms with Crippen molar-refractivity contribution in [2.24, 2.45) is 0 Å². The molecule has 13 heteroatoms. The van der Waals surface area contributed by atoms with Crippen molar-refractivity contribution in [3.63, 3.8) is 0 Å². The van der Waals surface area contributed by atoms with Gasteiger partial charge in [0, 0.05) is 55.2 Å². The number of hydrogen-bond donors (Lipinski definition) is 5. The van der Waals surface area contributed by atoms with Crippen molar-refractivity contribution in [3.05, 3.63) is 46.0 Å². The number of aliphatic hydroxyl groups excluding tert-OH is 3. The first-order chi connectivity index (χ1) is 15.9. The second kappa shape index (κ2) is 10.6. The molecule has 0 aromatic carbocycles. The number of aromatic hydroxyl groups is 1. The van der Waals surface area contributed by atoms with Crippen LogP contribution in [0.4, 0.5) is 0 Å². The summed E-state index contributed by atoms with van der Waals surface area (Å²) >= 11 is 0. The molecule has 0 saturated heterocycles. The van der Waals surface area contributed by atoms with Crippen LogP contribution in [0.1, 0.15) is 59.2 Å². The summed E-state index contributed by atoms with van der Waals surface area (Å²) in [6.07, 6.45) is 2.74. The lowest BCUT2D eigenvalue weighted by molar-refractivity contribution is -0.181. The van der Waals surface area contributed by atoms with Gasteiger partial charge in [0.15, 0.2) is 5.85 Å². The zero-order valence-corrected chi connectivity index (χ0v) is 22.7. The van der Waals surface area contributed by atoms with E-state index in [0.717, 1.165) is 17.9 Å². The first kappa shape index (κ1) is 29.4. The summed E-state index contributed by atoms with van der Waals surface area (Å²) < 4.78 is 34.7. The fraction of sp³-hybridized carbons (Fsp3) is 0.545. The van der Waals surface area contributed by atoms with E-state index in [2.05, 4.69) is 9.97 Å². The van der Waals surface area contributed by atoms with Crippen LogP contribution in [0.15, 0.2) is 12.4 Å². The lowest BCUT2D eigenvalue weighted by Crippen LogP contribution is -2.36. The molecule has 3 unspecified atom stereocenters. The van der Waals surface area contributed by atoms with E-state index in [4.69, 9.17) is 14.6 Å². The predicted molar refractivity (Wildman–Crippen MR) is 130 cm³/mol. The van der Waals surface area contributed by atoms with E-state index in [1.54, 1.807) is 19.5 Å². The number of aliphatic hydroxyl groups is 3. The quantitative estimate of drug-likeness (QED) is 0.357. The van der Waals surface area contributed by atoms with Crippen molar-refractivity contribution < 1.29 is 43.9 Å². The Labute approximate surface area is 204 Å². The van der Waals surface area contributed by atoms with Crippen molar-refractivity contribution in [1.29, 1.82) is 0 Å². The van der Waals surface area contributed by atoms with E-state index in [-0.39, 0.29) is 22.6 Å². The van der Waals surface area contributed by atoms with Gasteiger partial charge >= 0.3 is 0 Å². The molecular weight excluding hydrogens is 498 g/mol. The van der Waals surface area contributed by atoms with Crippen LogP contribution in [-0.4, -0.2) is 61.1 Å². The van der Waals surface area contributed by atoms with Gasteiger partial charge in [-0.15, -0.1) is 0 Å². The van der Waals surface area contributed by atoms with Crippen molar-refractivity contribution in [1.82, 2.24) is 9.97 Å². The number of fused-ring (bicyclic) bond motifs is 1. The number of ether oxygens (including phenoxy) is 2. The number of aromatic nitrogens is 2. The Kier molecular flexibility index (Phi) is 8.94. The van der Waals surface area contributed by atoms with Crippen LogP contribution in [-0.2, 0) is 27.1 Å². The third-order valence-electron chi connectivity index (χ3n) is 5.39. The number of rotatable bonds is 5. The van der Waals surface area contributed by atoms with Gasteiger partial charge in [-0.3, -0.25) is 14.5 Å². The van der Waals surface area contributed by atoms with Gasteiger partial charge < -0.3 is 39.4 Å². The minimum Gasteiger partial charge on any atom is -0.506 e. The maximum atomic E-state index is 12.1. The van der Waals surface area contributed by atoms with Crippen molar-refractivity contribution in [3.8, 4) is 11.5 Å². The molecule has 0 spiro atoms. The average molecular weight is 532 g/mol. The Bertz CT molecular complexity index is 1170. The minimum absolute atomic E-state index is 0.0242. The molecule has 1 aliphatic rings. The standard InChI is InChI=1S/C13H20NO4P.C9H14NO5P/c1-8-11-10(7-17-13(2,3)18-11)9(6-14-8)12(15)19(4,5)16;1-5-8(12)7(4-11)6(3-10-5)9(13)16(2,14)15/h6,12,15H,7H2,1-5H3;3,9,11-13H,4H2,1-2H3,(H,14,15). The van der Waals surface area contributed by atoms with Gasteiger partial charge in [-0.05, 0) is 27.2 Å². The van der Waals surface area contributed by atoms with Crippen LogP contribution >= 0.6 is 14.5 Å². The van der Waals surface area contributed by atoms with Gasteiger partial charge in [0.25, 0.3) is 0 Å². The molecule has 0 saturated carbocycles. The average Bonchev–Trinajstić information content (AvgIpc) is 2.74. The van der Waals surface area contributed by atoms with Crippen molar-refractivity contribution in [2.75, 3.05) is 20.0 Å². The highest BCUT2D eigenvalue weighted by molar-refractivity contribution is 7.62. The highest BCUT2D eigenvalue weighted by atomic mass is 31.2. The Morgan fingerprint density at radius 3 is 2.09 bits per heavy atom. The molecule has 3 heterocycles. The molecule has 5 N–H and O–H groups in total. The highest BCUT2D eigenvalue weighted by Gasteiger charge is 2.34. The summed E-state index contributed by atoms with van der Waals surface area (Å²) in [6, 6.07) is 0. The molecule has 2 aromatic rings. The fourth-order valence-electron chi connectivity index (χ4n) is 3.32. The summed E-state index contributed by atoms with van der Waals surface area (Å²) in [5.41, 5.74) is 2.29. The molecule has 0 radical (unpaired) electrons. The van der Waals surface area contributed by atoms with Gasteiger partial charge in [0.1, 0.15) is 24.5 Å². The first-order valence-corrected chi connectivity index (χ1v) is 15.6. The Morgan fingerprint density at radius 2 is 1.57 bits per heavy atom. The second-order valence-electron chi connectivity index (χ2n) is 9.31. The van der Waals surface area contributed by atoms with Crippen LogP contribution in [0.3, 0.4) is 0 Å². The van der Waals surface area contributed by atoms with Crippen molar-refractivity contribution in [2.45, 2.75) is 58.4 Å². The smallest absolute Gasteiger partial charge is 0.229 e. The van der Waals surface area contributed by atoms with E-state index >= 15 is 0 Å². The van der Waals surface area contributed by atoms with Gasteiger partial charge in [-0.2, -0.15) is 0 Å². The lowest BCUT2D eigenvalue weighted by atomic mass is 10.1. The van der Waals surface area contributed by atoms with Gasteiger partial charge in [0.2, 0.25) is 13.2 Å². The molecular formula is C22H34N2O9P2. The third-order valence-corrected chi connectivity index (χ3v) is 8.03.